The summed E-state index contributed by atoms with van der Waals surface area (Å²) in [6.07, 6.45) is 3.89. The van der Waals surface area contributed by atoms with Crippen LogP contribution in [0.3, 0.4) is 0 Å². The molecule has 1 heterocycles. The highest BCUT2D eigenvalue weighted by Gasteiger charge is 2.34. The molecule has 5 nitrogen and oxygen atoms in total. The van der Waals surface area contributed by atoms with Gasteiger partial charge in [0.2, 0.25) is 5.43 Å². The zero-order valence-electron chi connectivity index (χ0n) is 12.9. The van der Waals surface area contributed by atoms with E-state index in [9.17, 15) is 14.7 Å². The van der Waals surface area contributed by atoms with E-state index in [1.54, 1.807) is 24.4 Å². The Labute approximate surface area is 138 Å². The number of hydrogen-bond acceptors (Lipinski definition) is 3. The summed E-state index contributed by atoms with van der Waals surface area (Å²) >= 11 is 5.98. The Morgan fingerprint density at radius 1 is 1.43 bits per heavy atom. The number of halogens is 1. The molecule has 0 bridgehead atoms. The Bertz CT molecular complexity index is 824. The molecular weight excluding hydrogens is 316 g/mol. The second kappa shape index (κ2) is 5.98. The maximum atomic E-state index is 12.6. The largest absolute Gasteiger partial charge is 0.388 e. The third-order valence-corrected chi connectivity index (χ3v) is 4.72. The topological polar surface area (TPSA) is 71.3 Å². The smallest absolute Gasteiger partial charge is 0.256 e. The van der Waals surface area contributed by atoms with E-state index in [0.717, 1.165) is 11.9 Å². The lowest BCUT2D eigenvalue weighted by Crippen LogP contribution is -2.48. The molecule has 1 aliphatic rings. The van der Waals surface area contributed by atoms with Gasteiger partial charge < -0.3 is 15.0 Å². The third-order valence-electron chi connectivity index (χ3n) is 4.49. The van der Waals surface area contributed by atoms with Crippen molar-refractivity contribution in [1.29, 1.82) is 0 Å². The summed E-state index contributed by atoms with van der Waals surface area (Å²) in [6, 6.07) is 5.09. The van der Waals surface area contributed by atoms with E-state index in [1.807, 2.05) is 11.5 Å². The van der Waals surface area contributed by atoms with Gasteiger partial charge in [0.05, 0.1) is 11.1 Å². The number of carbonyl (C=O) groups excluding carboxylic acids is 1. The molecule has 0 spiro atoms. The fourth-order valence-corrected chi connectivity index (χ4v) is 3.07. The van der Waals surface area contributed by atoms with Gasteiger partial charge in [-0.05, 0) is 44.4 Å². The molecule has 0 atom stereocenters. The van der Waals surface area contributed by atoms with E-state index in [1.165, 1.54) is 0 Å². The van der Waals surface area contributed by atoms with Gasteiger partial charge in [-0.25, -0.2) is 0 Å². The van der Waals surface area contributed by atoms with Crippen LogP contribution >= 0.6 is 11.6 Å². The molecule has 0 radical (unpaired) electrons. The molecule has 1 aromatic heterocycles. The zero-order valence-corrected chi connectivity index (χ0v) is 13.7. The van der Waals surface area contributed by atoms with Gasteiger partial charge in [-0.2, -0.15) is 0 Å². The van der Waals surface area contributed by atoms with Crippen LogP contribution in [0.1, 0.15) is 36.5 Å². The van der Waals surface area contributed by atoms with Gasteiger partial charge in [0, 0.05) is 29.7 Å². The van der Waals surface area contributed by atoms with Gasteiger partial charge in [-0.1, -0.05) is 11.6 Å². The van der Waals surface area contributed by atoms with E-state index in [-0.39, 0.29) is 17.5 Å². The Morgan fingerprint density at radius 2 is 2.17 bits per heavy atom. The molecule has 2 aromatic rings. The van der Waals surface area contributed by atoms with Crippen molar-refractivity contribution in [2.24, 2.45) is 0 Å². The van der Waals surface area contributed by atoms with Crippen LogP contribution in [0.15, 0.2) is 29.2 Å². The number of nitrogens with zero attached hydrogens (tertiary/aromatic N) is 1. The van der Waals surface area contributed by atoms with Crippen LogP contribution in [0.4, 0.5) is 0 Å². The van der Waals surface area contributed by atoms with E-state index < -0.39 is 11.5 Å². The molecule has 3 rings (SSSR count). The van der Waals surface area contributed by atoms with Crippen molar-refractivity contribution in [2.75, 3.05) is 6.54 Å². The lowest BCUT2D eigenvalue weighted by atomic mass is 9.80. The highest BCUT2D eigenvalue weighted by molar-refractivity contribution is 6.31. The minimum absolute atomic E-state index is 0.0736. The number of aliphatic hydroxyl groups is 1. The first kappa shape index (κ1) is 16.0. The predicted molar refractivity (Wildman–Crippen MR) is 90.0 cm³/mol. The summed E-state index contributed by atoms with van der Waals surface area (Å²) in [5.74, 6) is -0.459. The van der Waals surface area contributed by atoms with Crippen LogP contribution in [0, 0.1) is 0 Å². The number of aromatic nitrogens is 1. The summed E-state index contributed by atoms with van der Waals surface area (Å²) < 4.78 is 1.85. The first-order chi connectivity index (χ1) is 10.9. The number of fused-ring (bicyclic) bond motifs is 1. The summed E-state index contributed by atoms with van der Waals surface area (Å²) in [6.45, 7) is 2.74. The summed E-state index contributed by atoms with van der Waals surface area (Å²) in [5.41, 5.74) is -0.342. The Balaban J connectivity index is 1.98. The van der Waals surface area contributed by atoms with Crippen molar-refractivity contribution in [3.05, 3.63) is 45.2 Å². The van der Waals surface area contributed by atoms with Crippen LogP contribution in [-0.2, 0) is 6.54 Å². The van der Waals surface area contributed by atoms with E-state index >= 15 is 0 Å². The van der Waals surface area contributed by atoms with Crippen LogP contribution in [0.25, 0.3) is 10.9 Å². The fourth-order valence-electron chi connectivity index (χ4n) is 2.89. The molecule has 122 valence electrons. The van der Waals surface area contributed by atoms with Crippen LogP contribution < -0.4 is 10.7 Å². The standard InChI is InChI=1S/C17H19ClN2O3/c1-2-20-9-13(16(22)19-10-17(23)6-3-7-17)15(21)12-8-11(18)4-5-14(12)20/h4-5,8-9,23H,2-3,6-7,10H2,1H3,(H,19,22). The number of rotatable bonds is 4. The molecule has 1 fully saturated rings. The van der Waals surface area contributed by atoms with Gasteiger partial charge in [0.1, 0.15) is 5.56 Å². The lowest BCUT2D eigenvalue weighted by molar-refractivity contribution is -0.0300. The molecule has 1 aromatic carbocycles. The third kappa shape index (κ3) is 2.99. The molecule has 0 aliphatic heterocycles. The maximum absolute atomic E-state index is 12.6. The molecule has 0 saturated heterocycles. The number of carbonyl (C=O) groups is 1. The predicted octanol–water partition coefficient (Wildman–Crippen LogP) is 2.32. The number of benzene rings is 1. The molecule has 2 N–H and O–H groups in total. The van der Waals surface area contributed by atoms with E-state index in [0.29, 0.717) is 29.8 Å². The van der Waals surface area contributed by atoms with Crippen molar-refractivity contribution >= 4 is 28.4 Å². The monoisotopic (exact) mass is 334 g/mol. The lowest BCUT2D eigenvalue weighted by Gasteiger charge is -2.36. The summed E-state index contributed by atoms with van der Waals surface area (Å²) in [7, 11) is 0. The zero-order chi connectivity index (χ0) is 16.6. The number of pyridine rings is 1. The SMILES string of the molecule is CCn1cc(C(=O)NCC2(O)CCC2)c(=O)c2cc(Cl)ccc21. The number of nitrogens with one attached hydrogen (secondary N) is 1. The number of aryl methyl sites for hydroxylation is 1. The average molecular weight is 335 g/mol. The first-order valence-corrected chi connectivity index (χ1v) is 8.14. The Morgan fingerprint density at radius 3 is 2.78 bits per heavy atom. The average Bonchev–Trinajstić information content (AvgIpc) is 2.51. The van der Waals surface area contributed by atoms with Crippen LogP contribution in [0.5, 0.6) is 0 Å². The highest BCUT2D eigenvalue weighted by Crippen LogP contribution is 2.30. The van der Waals surface area contributed by atoms with Crippen molar-refractivity contribution in [3.63, 3.8) is 0 Å². The van der Waals surface area contributed by atoms with Gasteiger partial charge in [0.15, 0.2) is 0 Å². The second-order valence-corrected chi connectivity index (χ2v) is 6.52. The van der Waals surface area contributed by atoms with Crippen molar-refractivity contribution in [2.45, 2.75) is 38.3 Å². The van der Waals surface area contributed by atoms with Gasteiger partial charge in [-0.3, -0.25) is 9.59 Å². The van der Waals surface area contributed by atoms with Crippen molar-refractivity contribution < 1.29 is 9.90 Å². The normalized spacial score (nSPS) is 16.1. The van der Waals surface area contributed by atoms with Crippen LogP contribution in [-0.4, -0.2) is 27.7 Å². The molecule has 1 amide bonds. The second-order valence-electron chi connectivity index (χ2n) is 6.08. The Hall–Kier alpha value is -1.85. The summed E-state index contributed by atoms with van der Waals surface area (Å²) in [4.78, 5) is 25.0. The Kier molecular flexibility index (Phi) is 4.17. The minimum Gasteiger partial charge on any atom is -0.388 e. The van der Waals surface area contributed by atoms with Gasteiger partial charge >= 0.3 is 0 Å². The fraction of sp³-hybridized carbons (Fsp3) is 0.412. The molecule has 1 aliphatic carbocycles. The van der Waals surface area contributed by atoms with Gasteiger partial charge in [0.25, 0.3) is 5.91 Å². The number of hydrogen-bond donors (Lipinski definition) is 2. The maximum Gasteiger partial charge on any atom is 0.256 e. The molecule has 1 saturated carbocycles. The molecule has 6 heteroatoms. The van der Waals surface area contributed by atoms with E-state index in [2.05, 4.69) is 5.32 Å². The van der Waals surface area contributed by atoms with Crippen molar-refractivity contribution in [1.82, 2.24) is 9.88 Å². The number of amides is 1. The molecular formula is C17H19ClN2O3. The first-order valence-electron chi connectivity index (χ1n) is 7.77. The molecule has 23 heavy (non-hydrogen) atoms. The summed E-state index contributed by atoms with van der Waals surface area (Å²) in [5, 5.41) is 13.6. The van der Waals surface area contributed by atoms with Crippen molar-refractivity contribution in [3.8, 4) is 0 Å². The quantitative estimate of drug-likeness (QED) is 0.901. The molecule has 0 unspecified atom stereocenters. The van der Waals surface area contributed by atoms with Crippen LogP contribution in [0.2, 0.25) is 5.02 Å². The minimum atomic E-state index is -0.820. The van der Waals surface area contributed by atoms with Gasteiger partial charge in [-0.15, -0.1) is 0 Å². The highest BCUT2D eigenvalue weighted by atomic mass is 35.5. The van der Waals surface area contributed by atoms with E-state index in [4.69, 9.17) is 11.6 Å².